The molecule has 1 aromatic carbocycles. The zero-order valence-corrected chi connectivity index (χ0v) is 12.9. The number of carboxylic acid groups (broad SMARTS) is 1. The van der Waals surface area contributed by atoms with Gasteiger partial charge in [-0.15, -0.1) is 0 Å². The van der Waals surface area contributed by atoms with Crippen molar-refractivity contribution in [1.29, 1.82) is 0 Å². The molecule has 0 spiro atoms. The van der Waals surface area contributed by atoms with Crippen molar-refractivity contribution in [3.05, 3.63) is 33.3 Å². The molecule has 0 unspecified atom stereocenters. The number of carbonyl (C=O) groups is 2. The van der Waals surface area contributed by atoms with Gasteiger partial charge in [-0.05, 0) is 34.1 Å². The summed E-state index contributed by atoms with van der Waals surface area (Å²) in [6.07, 6.45) is -0.580. The number of hydrogen-bond acceptors (Lipinski definition) is 3. The highest BCUT2D eigenvalue weighted by Crippen LogP contribution is 2.23. The van der Waals surface area contributed by atoms with E-state index in [-0.39, 0.29) is 18.9 Å². The van der Waals surface area contributed by atoms with Crippen LogP contribution in [0.3, 0.4) is 0 Å². The van der Waals surface area contributed by atoms with E-state index < -0.39 is 12.1 Å². The monoisotopic (exact) mass is 361 g/mol. The van der Waals surface area contributed by atoms with Crippen LogP contribution in [0.1, 0.15) is 16.8 Å². The van der Waals surface area contributed by atoms with Crippen LogP contribution in [0.5, 0.6) is 0 Å². The number of halogens is 2. The van der Waals surface area contributed by atoms with Crippen molar-refractivity contribution in [2.75, 3.05) is 19.7 Å². The van der Waals surface area contributed by atoms with Crippen LogP contribution in [0.25, 0.3) is 0 Å². The minimum absolute atomic E-state index is 0.111. The van der Waals surface area contributed by atoms with E-state index in [4.69, 9.17) is 21.4 Å². The molecule has 0 bridgehead atoms. The van der Waals surface area contributed by atoms with Crippen LogP contribution in [0.4, 0.5) is 0 Å². The average Bonchev–Trinajstić information content (AvgIpc) is 2.40. The maximum atomic E-state index is 12.4. The number of nitrogens with zero attached hydrogens (tertiary/aromatic N) is 1. The van der Waals surface area contributed by atoms with E-state index in [0.29, 0.717) is 28.2 Å². The van der Waals surface area contributed by atoms with Crippen molar-refractivity contribution in [2.45, 2.75) is 12.5 Å². The Morgan fingerprint density at radius 2 is 2.25 bits per heavy atom. The minimum atomic E-state index is -0.937. The summed E-state index contributed by atoms with van der Waals surface area (Å²) in [6.45, 7) is 1.04. The quantitative estimate of drug-likeness (QED) is 0.897. The van der Waals surface area contributed by atoms with E-state index in [1.165, 1.54) is 0 Å². The maximum Gasteiger partial charge on any atom is 0.306 e. The van der Waals surface area contributed by atoms with Gasteiger partial charge in [-0.25, -0.2) is 0 Å². The Labute approximate surface area is 129 Å². The van der Waals surface area contributed by atoms with Gasteiger partial charge in [0.25, 0.3) is 5.91 Å². The molecule has 108 valence electrons. The molecule has 0 radical (unpaired) electrons. The predicted octanol–water partition coefficient (Wildman–Crippen LogP) is 2.42. The number of aliphatic carboxylic acids is 1. The molecular weight excluding hydrogens is 350 g/mol. The Balaban J connectivity index is 2.12. The number of amides is 1. The van der Waals surface area contributed by atoms with E-state index in [9.17, 15) is 9.59 Å². The number of ether oxygens (including phenoxy) is 1. The molecule has 1 amide bonds. The first-order valence-electron chi connectivity index (χ1n) is 6.05. The van der Waals surface area contributed by atoms with Crippen molar-refractivity contribution in [2.24, 2.45) is 0 Å². The van der Waals surface area contributed by atoms with Gasteiger partial charge in [-0.1, -0.05) is 11.6 Å². The molecular formula is C13H13BrClNO4. The Bertz CT molecular complexity index is 537. The van der Waals surface area contributed by atoms with Gasteiger partial charge >= 0.3 is 5.97 Å². The van der Waals surface area contributed by atoms with Crippen LogP contribution in [0, 0.1) is 0 Å². The lowest BCUT2D eigenvalue weighted by Gasteiger charge is -2.32. The van der Waals surface area contributed by atoms with Gasteiger partial charge < -0.3 is 14.7 Å². The SMILES string of the molecule is O=C(O)C[C@@H]1CN(C(=O)c2cc(Cl)ccc2Br)CCO1. The molecule has 2 rings (SSSR count). The molecule has 1 atom stereocenters. The van der Waals surface area contributed by atoms with Crippen LogP contribution in [0.2, 0.25) is 5.02 Å². The lowest BCUT2D eigenvalue weighted by Crippen LogP contribution is -2.46. The van der Waals surface area contributed by atoms with Crippen LogP contribution in [0.15, 0.2) is 22.7 Å². The summed E-state index contributed by atoms with van der Waals surface area (Å²) >= 11 is 9.22. The average molecular weight is 363 g/mol. The fourth-order valence-corrected chi connectivity index (χ4v) is 2.64. The largest absolute Gasteiger partial charge is 0.481 e. The van der Waals surface area contributed by atoms with E-state index in [1.807, 2.05) is 0 Å². The van der Waals surface area contributed by atoms with Crippen LogP contribution >= 0.6 is 27.5 Å². The lowest BCUT2D eigenvalue weighted by molar-refractivity contribution is -0.141. The zero-order chi connectivity index (χ0) is 14.7. The van der Waals surface area contributed by atoms with Gasteiger partial charge in [-0.3, -0.25) is 9.59 Å². The van der Waals surface area contributed by atoms with Crippen molar-refractivity contribution < 1.29 is 19.4 Å². The second kappa shape index (κ2) is 6.56. The summed E-state index contributed by atoms with van der Waals surface area (Å²) in [5, 5.41) is 9.26. The highest BCUT2D eigenvalue weighted by atomic mass is 79.9. The molecule has 0 saturated carbocycles. The highest BCUT2D eigenvalue weighted by molar-refractivity contribution is 9.10. The third-order valence-electron chi connectivity index (χ3n) is 2.99. The molecule has 0 aromatic heterocycles. The molecule has 20 heavy (non-hydrogen) atoms. The molecule has 1 heterocycles. The third kappa shape index (κ3) is 3.71. The molecule has 1 aliphatic rings. The summed E-state index contributed by atoms with van der Waals surface area (Å²) in [6, 6.07) is 5.00. The van der Waals surface area contributed by atoms with Gasteiger partial charge in [0, 0.05) is 22.6 Å². The van der Waals surface area contributed by atoms with Crippen molar-refractivity contribution in [1.82, 2.24) is 4.90 Å². The maximum absolute atomic E-state index is 12.4. The molecule has 0 aliphatic carbocycles. The van der Waals surface area contributed by atoms with Crippen molar-refractivity contribution >= 4 is 39.4 Å². The van der Waals surface area contributed by atoms with Gasteiger partial charge in [-0.2, -0.15) is 0 Å². The second-order valence-electron chi connectivity index (χ2n) is 4.47. The van der Waals surface area contributed by atoms with Crippen LogP contribution in [-0.2, 0) is 9.53 Å². The van der Waals surface area contributed by atoms with Gasteiger partial charge in [0.15, 0.2) is 0 Å². The molecule has 1 aliphatic heterocycles. The van der Waals surface area contributed by atoms with E-state index in [0.717, 1.165) is 0 Å². The van der Waals surface area contributed by atoms with Crippen LogP contribution in [-0.4, -0.2) is 47.7 Å². The second-order valence-corrected chi connectivity index (χ2v) is 5.76. The Kier molecular flexibility index (Phi) is 5.01. The zero-order valence-electron chi connectivity index (χ0n) is 10.5. The smallest absolute Gasteiger partial charge is 0.306 e. The number of carboxylic acids is 1. The first kappa shape index (κ1) is 15.3. The van der Waals surface area contributed by atoms with E-state index in [2.05, 4.69) is 15.9 Å². The number of benzene rings is 1. The topological polar surface area (TPSA) is 66.8 Å². The molecule has 1 N–H and O–H groups in total. The molecule has 1 aromatic rings. The summed E-state index contributed by atoms with van der Waals surface area (Å²) < 4.78 is 6.01. The summed E-state index contributed by atoms with van der Waals surface area (Å²) in [5.41, 5.74) is 0.466. The lowest BCUT2D eigenvalue weighted by atomic mass is 10.1. The van der Waals surface area contributed by atoms with E-state index in [1.54, 1.807) is 23.1 Å². The number of rotatable bonds is 3. The normalized spacial score (nSPS) is 18.9. The summed E-state index contributed by atoms with van der Waals surface area (Å²) in [7, 11) is 0. The first-order chi connectivity index (χ1) is 9.47. The minimum Gasteiger partial charge on any atom is -0.481 e. The van der Waals surface area contributed by atoms with Crippen molar-refractivity contribution in [3.63, 3.8) is 0 Å². The third-order valence-corrected chi connectivity index (χ3v) is 3.91. The summed E-state index contributed by atoms with van der Waals surface area (Å²) in [4.78, 5) is 24.7. The van der Waals surface area contributed by atoms with Crippen molar-refractivity contribution in [3.8, 4) is 0 Å². The molecule has 1 fully saturated rings. The molecule has 5 nitrogen and oxygen atoms in total. The van der Waals surface area contributed by atoms with Gasteiger partial charge in [0.05, 0.1) is 24.7 Å². The Hall–Kier alpha value is -1.11. The summed E-state index contributed by atoms with van der Waals surface area (Å²) in [5.74, 6) is -1.12. The highest BCUT2D eigenvalue weighted by Gasteiger charge is 2.27. The number of morpholine rings is 1. The van der Waals surface area contributed by atoms with Gasteiger partial charge in [0.1, 0.15) is 0 Å². The Morgan fingerprint density at radius 3 is 2.95 bits per heavy atom. The van der Waals surface area contributed by atoms with Crippen LogP contribution < -0.4 is 0 Å². The fourth-order valence-electron chi connectivity index (χ4n) is 2.05. The molecule has 1 saturated heterocycles. The predicted molar refractivity (Wildman–Crippen MR) is 77.0 cm³/mol. The fraction of sp³-hybridized carbons (Fsp3) is 0.385. The first-order valence-corrected chi connectivity index (χ1v) is 7.22. The number of carbonyl (C=O) groups excluding carboxylic acids is 1. The Morgan fingerprint density at radius 1 is 1.50 bits per heavy atom. The van der Waals surface area contributed by atoms with Gasteiger partial charge in [0.2, 0.25) is 0 Å². The standard InChI is InChI=1S/C13H13BrClNO4/c14-11-2-1-8(15)5-10(11)13(19)16-3-4-20-9(7-16)6-12(17)18/h1-2,5,9H,3-4,6-7H2,(H,17,18)/t9-/m1/s1. The molecule has 7 heteroatoms. The number of hydrogen-bond donors (Lipinski definition) is 1. The van der Waals surface area contributed by atoms with E-state index >= 15 is 0 Å².